The summed E-state index contributed by atoms with van der Waals surface area (Å²) in [7, 11) is 0. The fourth-order valence-corrected chi connectivity index (χ4v) is 6.88. The van der Waals surface area contributed by atoms with Crippen LogP contribution in [0.2, 0.25) is 0 Å². The third-order valence-corrected chi connectivity index (χ3v) is 8.26. The van der Waals surface area contributed by atoms with E-state index in [0.29, 0.717) is 5.92 Å². The number of thiazole rings is 1. The predicted molar refractivity (Wildman–Crippen MR) is 126 cm³/mol. The predicted octanol–water partition coefficient (Wildman–Crippen LogP) is 6.86. The molecule has 1 aromatic carbocycles. The molecule has 3 heterocycles. The van der Waals surface area contributed by atoms with E-state index in [9.17, 15) is 4.79 Å². The molecular weight excluding hydrogens is 416 g/mol. The summed E-state index contributed by atoms with van der Waals surface area (Å²) >= 11 is 5.06. The van der Waals surface area contributed by atoms with Crippen LogP contribution in [-0.4, -0.2) is 10.9 Å². The Balaban J connectivity index is 1.53. The van der Waals surface area contributed by atoms with Gasteiger partial charge in [0.1, 0.15) is 10.0 Å². The standard InChI is InChI=1S/C23H20N2OS3/c1-14-8-10-16-19(13-14)29-23(25-20(26)11-9-15-5-4-12-27-15)21(16)22-24-17-6-2-3-7-18(17)28-22/h2-7,9,11-12,14H,8,10,13H2,1H3,(H,25,26). The minimum Gasteiger partial charge on any atom is -0.313 e. The summed E-state index contributed by atoms with van der Waals surface area (Å²) in [5, 5.41) is 7.11. The number of fused-ring (bicyclic) bond motifs is 2. The van der Waals surface area contributed by atoms with E-state index in [2.05, 4.69) is 24.4 Å². The minimum absolute atomic E-state index is 0.0904. The van der Waals surface area contributed by atoms with Gasteiger partial charge in [-0.2, -0.15) is 0 Å². The summed E-state index contributed by atoms with van der Waals surface area (Å²) in [6.45, 7) is 2.31. The number of amides is 1. The Kier molecular flexibility index (Phi) is 5.08. The monoisotopic (exact) mass is 436 g/mol. The van der Waals surface area contributed by atoms with E-state index in [1.54, 1.807) is 40.1 Å². The number of benzene rings is 1. The van der Waals surface area contributed by atoms with Crippen molar-refractivity contribution in [2.45, 2.75) is 26.2 Å². The van der Waals surface area contributed by atoms with Crippen molar-refractivity contribution in [1.29, 1.82) is 0 Å². The van der Waals surface area contributed by atoms with E-state index in [-0.39, 0.29) is 5.91 Å². The van der Waals surface area contributed by atoms with Gasteiger partial charge in [0.25, 0.3) is 0 Å². The molecule has 4 aromatic rings. The van der Waals surface area contributed by atoms with Gasteiger partial charge in [0.05, 0.1) is 10.2 Å². The van der Waals surface area contributed by atoms with Gasteiger partial charge in [-0.05, 0) is 60.4 Å². The summed E-state index contributed by atoms with van der Waals surface area (Å²) in [4.78, 5) is 20.0. The highest BCUT2D eigenvalue weighted by molar-refractivity contribution is 7.23. The lowest BCUT2D eigenvalue weighted by atomic mass is 9.88. The van der Waals surface area contributed by atoms with Crippen molar-refractivity contribution in [2.24, 2.45) is 5.92 Å². The first-order valence-corrected chi connectivity index (χ1v) is 12.2. The number of thiophene rings is 2. The second-order valence-electron chi connectivity index (χ2n) is 7.38. The van der Waals surface area contributed by atoms with E-state index in [1.165, 1.54) is 21.6 Å². The molecular formula is C23H20N2OS3. The van der Waals surface area contributed by atoms with Crippen LogP contribution in [0.3, 0.4) is 0 Å². The second kappa shape index (κ2) is 7.86. The average Bonchev–Trinajstić information content (AvgIpc) is 3.43. The summed E-state index contributed by atoms with van der Waals surface area (Å²) in [5.74, 6) is 0.596. The Morgan fingerprint density at radius 3 is 2.93 bits per heavy atom. The molecule has 1 aliphatic rings. The molecule has 0 saturated carbocycles. The first kappa shape index (κ1) is 18.7. The van der Waals surface area contributed by atoms with E-state index >= 15 is 0 Å². The average molecular weight is 437 g/mol. The summed E-state index contributed by atoms with van der Waals surface area (Å²) in [6.07, 6.45) is 6.81. The van der Waals surface area contributed by atoms with Crippen molar-refractivity contribution in [1.82, 2.24) is 4.98 Å². The normalized spacial score (nSPS) is 16.4. The number of nitrogens with zero attached hydrogens (tertiary/aromatic N) is 1. The van der Waals surface area contributed by atoms with Crippen molar-refractivity contribution in [3.63, 3.8) is 0 Å². The lowest BCUT2D eigenvalue weighted by Gasteiger charge is -2.18. The maximum absolute atomic E-state index is 12.6. The minimum atomic E-state index is -0.0904. The Morgan fingerprint density at radius 1 is 1.21 bits per heavy atom. The van der Waals surface area contributed by atoms with E-state index in [0.717, 1.165) is 38.8 Å². The van der Waals surface area contributed by atoms with Crippen LogP contribution in [0.1, 0.15) is 28.7 Å². The largest absolute Gasteiger partial charge is 0.313 e. The highest BCUT2D eigenvalue weighted by Gasteiger charge is 2.27. The molecule has 3 aromatic heterocycles. The van der Waals surface area contributed by atoms with Crippen LogP contribution in [0.5, 0.6) is 0 Å². The fourth-order valence-electron chi connectivity index (χ4n) is 3.74. The fraction of sp³-hybridized carbons (Fsp3) is 0.217. The smallest absolute Gasteiger partial charge is 0.249 e. The number of rotatable bonds is 4. The lowest BCUT2D eigenvalue weighted by molar-refractivity contribution is -0.111. The maximum atomic E-state index is 12.6. The zero-order valence-corrected chi connectivity index (χ0v) is 18.4. The molecule has 0 fully saturated rings. The van der Waals surface area contributed by atoms with E-state index in [4.69, 9.17) is 4.98 Å². The molecule has 1 amide bonds. The van der Waals surface area contributed by atoms with Gasteiger partial charge in [0.15, 0.2) is 0 Å². The van der Waals surface area contributed by atoms with Gasteiger partial charge in [-0.25, -0.2) is 4.98 Å². The number of para-hydroxylation sites is 1. The number of hydrogen-bond donors (Lipinski definition) is 1. The molecule has 1 aliphatic carbocycles. The van der Waals surface area contributed by atoms with Crippen molar-refractivity contribution in [3.05, 3.63) is 63.2 Å². The van der Waals surface area contributed by atoms with Crippen LogP contribution >= 0.6 is 34.0 Å². The number of carbonyl (C=O) groups excluding carboxylic acids is 1. The van der Waals surface area contributed by atoms with Crippen molar-refractivity contribution >= 4 is 61.2 Å². The molecule has 0 aliphatic heterocycles. The van der Waals surface area contributed by atoms with Crippen LogP contribution < -0.4 is 5.32 Å². The quantitative estimate of drug-likeness (QED) is 0.355. The Labute approximate surface area is 181 Å². The van der Waals surface area contributed by atoms with E-state index in [1.807, 2.05) is 35.7 Å². The molecule has 0 radical (unpaired) electrons. The molecule has 0 saturated heterocycles. The van der Waals surface area contributed by atoms with Gasteiger partial charge >= 0.3 is 0 Å². The topological polar surface area (TPSA) is 42.0 Å². The number of anilines is 1. The molecule has 6 heteroatoms. The lowest BCUT2D eigenvalue weighted by Crippen LogP contribution is -2.09. The van der Waals surface area contributed by atoms with Gasteiger partial charge < -0.3 is 5.32 Å². The van der Waals surface area contributed by atoms with Crippen LogP contribution in [0.25, 0.3) is 26.9 Å². The van der Waals surface area contributed by atoms with Gasteiger partial charge in [0, 0.05) is 21.4 Å². The van der Waals surface area contributed by atoms with Crippen LogP contribution in [0.15, 0.2) is 47.9 Å². The number of hydrogen-bond acceptors (Lipinski definition) is 5. The molecule has 1 atom stereocenters. The first-order chi connectivity index (χ1) is 14.2. The van der Waals surface area contributed by atoms with Crippen LogP contribution in [-0.2, 0) is 17.6 Å². The Bertz CT molecular complexity index is 1170. The van der Waals surface area contributed by atoms with Crippen LogP contribution in [0.4, 0.5) is 5.00 Å². The molecule has 0 bridgehead atoms. The highest BCUT2D eigenvalue weighted by Crippen LogP contribution is 2.47. The summed E-state index contributed by atoms with van der Waals surface area (Å²) < 4.78 is 1.18. The van der Waals surface area contributed by atoms with E-state index < -0.39 is 0 Å². The maximum Gasteiger partial charge on any atom is 0.249 e. The third kappa shape index (κ3) is 3.80. The van der Waals surface area contributed by atoms with Crippen LogP contribution in [0, 0.1) is 5.92 Å². The first-order valence-electron chi connectivity index (χ1n) is 9.70. The third-order valence-electron chi connectivity index (χ3n) is 5.20. The molecule has 3 nitrogen and oxygen atoms in total. The zero-order chi connectivity index (χ0) is 19.8. The number of nitrogens with one attached hydrogen (secondary N) is 1. The highest BCUT2D eigenvalue weighted by atomic mass is 32.1. The Hall–Kier alpha value is -2.28. The molecule has 5 rings (SSSR count). The van der Waals surface area contributed by atoms with Crippen molar-refractivity contribution in [3.8, 4) is 10.6 Å². The Morgan fingerprint density at radius 2 is 2.10 bits per heavy atom. The molecule has 1 N–H and O–H groups in total. The number of aromatic nitrogens is 1. The molecule has 1 unspecified atom stereocenters. The SMILES string of the molecule is CC1CCc2c(sc(NC(=O)C=Cc3cccs3)c2-c2nc3ccccc3s2)C1. The van der Waals surface area contributed by atoms with Gasteiger partial charge in [-0.15, -0.1) is 34.0 Å². The summed E-state index contributed by atoms with van der Waals surface area (Å²) in [5.41, 5.74) is 3.53. The van der Waals surface area contributed by atoms with Gasteiger partial charge in [-0.3, -0.25) is 4.79 Å². The second-order valence-corrected chi connectivity index (χ2v) is 10.5. The zero-order valence-electron chi connectivity index (χ0n) is 16.0. The number of carbonyl (C=O) groups is 1. The molecule has 29 heavy (non-hydrogen) atoms. The summed E-state index contributed by atoms with van der Waals surface area (Å²) in [6, 6.07) is 12.2. The van der Waals surface area contributed by atoms with Crippen molar-refractivity contribution in [2.75, 3.05) is 5.32 Å². The molecule has 146 valence electrons. The van der Waals surface area contributed by atoms with Gasteiger partial charge in [0.2, 0.25) is 5.91 Å². The van der Waals surface area contributed by atoms with Gasteiger partial charge in [-0.1, -0.05) is 25.1 Å². The molecule has 0 spiro atoms. The van der Waals surface area contributed by atoms with Crippen molar-refractivity contribution < 1.29 is 4.79 Å².